The number of nitrogens with one attached hydrogen (secondary N) is 1. The molecular weight excluding hydrogens is 209 g/mol. The highest BCUT2D eigenvalue weighted by Crippen LogP contribution is 2.28. The van der Waals surface area contributed by atoms with Crippen molar-refractivity contribution in [3.8, 4) is 11.4 Å². The number of aromatic nitrogens is 4. The van der Waals surface area contributed by atoms with Gasteiger partial charge in [0.25, 0.3) is 0 Å². The van der Waals surface area contributed by atoms with Gasteiger partial charge in [0.15, 0.2) is 11.6 Å². The van der Waals surface area contributed by atoms with Gasteiger partial charge in [0.1, 0.15) is 11.4 Å². The minimum atomic E-state index is -0.615. The second-order valence-electron chi connectivity index (χ2n) is 2.76. The highest BCUT2D eigenvalue weighted by Gasteiger charge is 2.18. The molecule has 0 aliphatic heterocycles. The van der Waals surface area contributed by atoms with Crippen molar-refractivity contribution in [2.45, 2.75) is 0 Å². The first kappa shape index (κ1) is 9.01. The Morgan fingerprint density at radius 3 is 2.79 bits per heavy atom. The zero-order valence-corrected chi connectivity index (χ0v) is 8.01. The number of hydrogen-bond donors (Lipinski definition) is 2. The molecule has 7 heteroatoms. The zero-order valence-electron chi connectivity index (χ0n) is 7.25. The third-order valence-electron chi connectivity index (χ3n) is 1.86. The Balaban J connectivity index is 2.65. The van der Waals surface area contributed by atoms with E-state index in [4.69, 9.17) is 17.3 Å². The van der Waals surface area contributed by atoms with Crippen molar-refractivity contribution in [3.05, 3.63) is 17.0 Å². The van der Waals surface area contributed by atoms with Crippen LogP contribution in [0.1, 0.15) is 0 Å². The van der Waals surface area contributed by atoms with Crippen LogP contribution in [0.5, 0.6) is 0 Å². The smallest absolute Gasteiger partial charge is 0.194 e. The first-order valence-electron chi connectivity index (χ1n) is 3.78. The van der Waals surface area contributed by atoms with Gasteiger partial charge < -0.3 is 5.73 Å². The van der Waals surface area contributed by atoms with E-state index in [1.165, 1.54) is 10.9 Å². The highest BCUT2D eigenvalue weighted by atomic mass is 35.5. The van der Waals surface area contributed by atoms with Crippen LogP contribution in [0.25, 0.3) is 11.4 Å². The number of aryl methyl sites for hydroxylation is 1. The van der Waals surface area contributed by atoms with Crippen LogP contribution in [-0.2, 0) is 7.05 Å². The van der Waals surface area contributed by atoms with Gasteiger partial charge in [-0.15, -0.1) is 0 Å². The molecule has 74 valence electrons. The van der Waals surface area contributed by atoms with Crippen molar-refractivity contribution in [1.82, 2.24) is 20.0 Å². The zero-order chi connectivity index (χ0) is 10.3. The molecule has 0 aromatic carbocycles. The van der Waals surface area contributed by atoms with E-state index in [0.717, 1.165) is 0 Å². The molecule has 0 unspecified atom stereocenters. The molecule has 2 aromatic heterocycles. The predicted molar refractivity (Wildman–Crippen MR) is 50.2 cm³/mol. The maximum Gasteiger partial charge on any atom is 0.194 e. The molecular formula is C7H7ClFN5. The van der Waals surface area contributed by atoms with Crippen LogP contribution in [0.2, 0.25) is 5.02 Å². The van der Waals surface area contributed by atoms with Gasteiger partial charge >= 0.3 is 0 Å². The van der Waals surface area contributed by atoms with Crippen molar-refractivity contribution < 1.29 is 4.39 Å². The van der Waals surface area contributed by atoms with Crippen LogP contribution in [0.4, 0.5) is 10.2 Å². The van der Waals surface area contributed by atoms with Crippen LogP contribution >= 0.6 is 11.6 Å². The number of H-pyrrole nitrogens is 1. The van der Waals surface area contributed by atoms with Crippen LogP contribution < -0.4 is 5.73 Å². The standard InChI is InChI=1S/C7H7ClFN5/c1-14-6(3(8)2-11-14)5-4(9)7(10)13-12-5/h2H,1H3,(H3,10,12,13). The predicted octanol–water partition coefficient (Wildman–Crippen LogP) is 1.18. The number of anilines is 1. The van der Waals surface area contributed by atoms with Gasteiger partial charge in [-0.25, -0.2) is 4.39 Å². The summed E-state index contributed by atoms with van der Waals surface area (Å²) < 4.78 is 14.8. The minimum absolute atomic E-state index is 0.146. The molecule has 0 spiro atoms. The Morgan fingerprint density at radius 1 is 1.64 bits per heavy atom. The van der Waals surface area contributed by atoms with E-state index in [1.54, 1.807) is 7.05 Å². The molecule has 0 atom stereocenters. The molecule has 0 saturated carbocycles. The third kappa shape index (κ3) is 1.15. The molecule has 2 aromatic rings. The van der Waals surface area contributed by atoms with Gasteiger partial charge in [-0.1, -0.05) is 11.6 Å². The highest BCUT2D eigenvalue weighted by molar-refractivity contribution is 6.32. The second kappa shape index (κ2) is 2.98. The fraction of sp³-hybridized carbons (Fsp3) is 0.143. The van der Waals surface area contributed by atoms with Gasteiger partial charge in [0, 0.05) is 7.05 Å². The first-order chi connectivity index (χ1) is 6.61. The van der Waals surface area contributed by atoms with Crippen molar-refractivity contribution in [2.24, 2.45) is 7.05 Å². The molecule has 0 radical (unpaired) electrons. The topological polar surface area (TPSA) is 72.5 Å². The summed E-state index contributed by atoms with van der Waals surface area (Å²) in [6.07, 6.45) is 1.42. The number of rotatable bonds is 1. The molecule has 0 aliphatic carbocycles. The molecule has 0 aliphatic rings. The summed E-state index contributed by atoms with van der Waals surface area (Å²) in [4.78, 5) is 0. The molecule has 14 heavy (non-hydrogen) atoms. The van der Waals surface area contributed by atoms with Crippen LogP contribution in [0.3, 0.4) is 0 Å². The van der Waals surface area contributed by atoms with E-state index in [2.05, 4.69) is 15.3 Å². The first-order valence-corrected chi connectivity index (χ1v) is 4.16. The molecule has 2 heterocycles. The summed E-state index contributed by atoms with van der Waals surface area (Å²) in [6.45, 7) is 0. The van der Waals surface area contributed by atoms with Gasteiger partial charge in [0.2, 0.25) is 0 Å². The fourth-order valence-corrected chi connectivity index (χ4v) is 1.45. The summed E-state index contributed by atoms with van der Waals surface area (Å²) in [5.41, 5.74) is 5.83. The monoisotopic (exact) mass is 215 g/mol. The van der Waals surface area contributed by atoms with E-state index < -0.39 is 5.82 Å². The minimum Gasteiger partial charge on any atom is -0.380 e. The summed E-state index contributed by atoms with van der Waals surface area (Å²) in [5.74, 6) is -0.798. The Kier molecular flexibility index (Phi) is 1.92. The van der Waals surface area contributed by atoms with E-state index in [0.29, 0.717) is 10.7 Å². The Bertz CT molecular complexity index is 455. The number of halogens is 2. The van der Waals surface area contributed by atoms with E-state index in [-0.39, 0.29) is 11.5 Å². The molecule has 0 saturated heterocycles. The van der Waals surface area contributed by atoms with Crippen LogP contribution in [0, 0.1) is 5.82 Å². The van der Waals surface area contributed by atoms with Crippen molar-refractivity contribution in [2.75, 3.05) is 5.73 Å². The van der Waals surface area contributed by atoms with Gasteiger partial charge in [0.05, 0.1) is 11.2 Å². The quantitative estimate of drug-likeness (QED) is 0.751. The lowest BCUT2D eigenvalue weighted by Crippen LogP contribution is -1.95. The van der Waals surface area contributed by atoms with Crippen LogP contribution in [-0.4, -0.2) is 20.0 Å². The largest absolute Gasteiger partial charge is 0.380 e. The molecule has 0 amide bonds. The lowest BCUT2D eigenvalue weighted by molar-refractivity contribution is 0.633. The van der Waals surface area contributed by atoms with E-state index in [1.807, 2.05) is 0 Å². The molecule has 5 nitrogen and oxygen atoms in total. The second-order valence-corrected chi connectivity index (χ2v) is 3.17. The number of aromatic amines is 1. The normalized spacial score (nSPS) is 10.8. The Labute approximate surface area is 83.7 Å². The van der Waals surface area contributed by atoms with Crippen LogP contribution in [0.15, 0.2) is 6.20 Å². The number of nitrogens with zero attached hydrogens (tertiary/aromatic N) is 3. The van der Waals surface area contributed by atoms with Gasteiger partial charge in [-0.3, -0.25) is 9.78 Å². The summed E-state index contributed by atoms with van der Waals surface area (Å²) >= 11 is 5.82. The summed E-state index contributed by atoms with van der Waals surface area (Å²) in [6, 6.07) is 0. The number of hydrogen-bond acceptors (Lipinski definition) is 3. The summed E-state index contributed by atoms with van der Waals surface area (Å²) in [5, 5.41) is 10.2. The molecule has 2 rings (SSSR count). The van der Waals surface area contributed by atoms with Crippen molar-refractivity contribution in [1.29, 1.82) is 0 Å². The maximum atomic E-state index is 13.4. The van der Waals surface area contributed by atoms with Crippen molar-refractivity contribution in [3.63, 3.8) is 0 Å². The molecule has 3 N–H and O–H groups in total. The van der Waals surface area contributed by atoms with E-state index >= 15 is 0 Å². The number of nitrogens with two attached hydrogens (primary N) is 1. The maximum absolute atomic E-state index is 13.4. The van der Waals surface area contributed by atoms with Crippen molar-refractivity contribution >= 4 is 17.4 Å². The molecule has 0 fully saturated rings. The Hall–Kier alpha value is -1.56. The lowest BCUT2D eigenvalue weighted by Gasteiger charge is -1.98. The molecule has 0 bridgehead atoms. The fourth-order valence-electron chi connectivity index (χ4n) is 1.19. The summed E-state index contributed by atoms with van der Waals surface area (Å²) in [7, 11) is 1.65. The Morgan fingerprint density at radius 2 is 2.36 bits per heavy atom. The lowest BCUT2D eigenvalue weighted by atomic mass is 10.3. The third-order valence-corrected chi connectivity index (χ3v) is 2.14. The average molecular weight is 216 g/mol. The van der Waals surface area contributed by atoms with Gasteiger partial charge in [-0.05, 0) is 0 Å². The SMILES string of the molecule is Cn1ncc(Cl)c1-c1[nH]nc(N)c1F. The van der Waals surface area contributed by atoms with Gasteiger partial charge in [-0.2, -0.15) is 10.2 Å². The number of nitrogen functional groups attached to an aromatic ring is 1. The van der Waals surface area contributed by atoms with E-state index in [9.17, 15) is 4.39 Å². The average Bonchev–Trinajstić information content (AvgIpc) is 2.62.